The van der Waals surface area contributed by atoms with Crippen molar-refractivity contribution in [2.45, 2.75) is 43.2 Å². The Morgan fingerprint density at radius 3 is 2.40 bits per heavy atom. The Morgan fingerprint density at radius 1 is 1.17 bits per heavy atom. The summed E-state index contributed by atoms with van der Waals surface area (Å²) in [5.74, 6) is -6.47. The summed E-state index contributed by atoms with van der Waals surface area (Å²) in [5.41, 5.74) is -0.859. The van der Waals surface area contributed by atoms with Gasteiger partial charge in [0.1, 0.15) is 18.3 Å². The van der Waals surface area contributed by atoms with Gasteiger partial charge in [-0.3, -0.25) is 4.79 Å². The molecule has 0 radical (unpaired) electrons. The number of nitrogens with zero attached hydrogens (tertiary/aromatic N) is 1. The van der Waals surface area contributed by atoms with Crippen LogP contribution in [0.25, 0.3) is 11.1 Å². The number of benzene rings is 2. The average Bonchev–Trinajstić information content (AvgIpc) is 3.55. The van der Waals surface area contributed by atoms with E-state index in [2.05, 4.69) is 0 Å². The van der Waals surface area contributed by atoms with Gasteiger partial charge in [-0.05, 0) is 42.5 Å². The molecule has 1 aliphatic heterocycles. The number of alkyl halides is 3. The van der Waals surface area contributed by atoms with E-state index in [0.29, 0.717) is 18.4 Å². The largest absolute Gasteiger partial charge is 0.381 e. The topological polar surface area (TPSA) is 86.7 Å². The third kappa shape index (κ3) is 4.91. The highest BCUT2D eigenvalue weighted by Gasteiger charge is 2.62. The maximum absolute atomic E-state index is 15.5. The van der Waals surface area contributed by atoms with E-state index < -0.39 is 70.0 Å². The molecule has 1 amide bonds. The second kappa shape index (κ2) is 9.47. The summed E-state index contributed by atoms with van der Waals surface area (Å²) in [6, 6.07) is 7.40. The van der Waals surface area contributed by atoms with Crippen molar-refractivity contribution in [1.82, 2.24) is 9.62 Å². The SMILES string of the molecule is O=C([C@H](O)CF)N1CC2(CC2)[C@H](NS(=O)(=O)C(F)F)[C@@H]1Cc1cc(F)cc(-c2ccccc2)c1F. The predicted molar refractivity (Wildman–Crippen MR) is 116 cm³/mol. The molecule has 2 fully saturated rings. The predicted octanol–water partition coefficient (Wildman–Crippen LogP) is 3.01. The zero-order valence-electron chi connectivity index (χ0n) is 18.3. The molecule has 12 heteroatoms. The first-order chi connectivity index (χ1) is 16.5. The van der Waals surface area contributed by atoms with Gasteiger partial charge in [0.2, 0.25) is 0 Å². The molecule has 3 atom stereocenters. The van der Waals surface area contributed by atoms with Crippen molar-refractivity contribution in [2.24, 2.45) is 5.41 Å². The molecule has 2 aromatic carbocycles. The lowest BCUT2D eigenvalue weighted by atomic mass is 9.91. The summed E-state index contributed by atoms with van der Waals surface area (Å²) in [6.45, 7) is -1.57. The summed E-state index contributed by atoms with van der Waals surface area (Å²) in [7, 11) is -5.11. The van der Waals surface area contributed by atoms with Crippen LogP contribution in [0.4, 0.5) is 22.0 Å². The van der Waals surface area contributed by atoms with Gasteiger partial charge in [-0.15, -0.1) is 0 Å². The third-order valence-electron chi connectivity index (χ3n) is 6.69. The Morgan fingerprint density at radius 2 is 1.83 bits per heavy atom. The molecule has 2 aromatic rings. The molecule has 1 aliphatic carbocycles. The Labute approximate surface area is 198 Å². The lowest BCUT2D eigenvalue weighted by molar-refractivity contribution is -0.142. The summed E-state index contributed by atoms with van der Waals surface area (Å²) in [5, 5.41) is 9.80. The summed E-state index contributed by atoms with van der Waals surface area (Å²) in [6.07, 6.45) is -1.77. The van der Waals surface area contributed by atoms with Gasteiger partial charge in [0, 0.05) is 23.6 Å². The number of likely N-dealkylation sites (tertiary alicyclic amines) is 1. The molecule has 4 rings (SSSR count). The van der Waals surface area contributed by atoms with E-state index in [9.17, 15) is 35.9 Å². The van der Waals surface area contributed by atoms with Crippen molar-refractivity contribution in [3.63, 3.8) is 0 Å². The lowest BCUT2D eigenvalue weighted by Gasteiger charge is -2.30. The number of hydrogen-bond acceptors (Lipinski definition) is 4. The van der Waals surface area contributed by atoms with Crippen LogP contribution in [0.1, 0.15) is 18.4 Å². The fourth-order valence-corrected chi connectivity index (χ4v) is 5.64. The van der Waals surface area contributed by atoms with Crippen molar-refractivity contribution in [3.8, 4) is 11.1 Å². The lowest BCUT2D eigenvalue weighted by Crippen LogP contribution is -2.52. The fourth-order valence-electron chi connectivity index (χ4n) is 4.78. The third-order valence-corrected chi connectivity index (χ3v) is 7.74. The molecule has 1 spiro atoms. The van der Waals surface area contributed by atoms with Gasteiger partial charge in [-0.2, -0.15) is 8.78 Å². The minimum Gasteiger partial charge on any atom is -0.381 e. The van der Waals surface area contributed by atoms with Crippen LogP contribution in [-0.2, 0) is 21.2 Å². The minimum absolute atomic E-state index is 0.0777. The van der Waals surface area contributed by atoms with Gasteiger partial charge in [0.15, 0.2) is 6.10 Å². The summed E-state index contributed by atoms with van der Waals surface area (Å²) in [4.78, 5) is 13.7. The van der Waals surface area contributed by atoms with Crippen LogP contribution in [0.5, 0.6) is 0 Å². The highest BCUT2D eigenvalue weighted by molar-refractivity contribution is 7.89. The van der Waals surface area contributed by atoms with Gasteiger partial charge < -0.3 is 10.0 Å². The van der Waals surface area contributed by atoms with Gasteiger partial charge in [0.05, 0.1) is 6.04 Å². The molecule has 1 heterocycles. The van der Waals surface area contributed by atoms with Crippen LogP contribution >= 0.6 is 0 Å². The molecule has 35 heavy (non-hydrogen) atoms. The number of sulfonamides is 1. The molecule has 0 aromatic heterocycles. The Kier molecular flexibility index (Phi) is 6.91. The van der Waals surface area contributed by atoms with Crippen molar-refractivity contribution in [1.29, 1.82) is 0 Å². The van der Waals surface area contributed by atoms with E-state index in [1.165, 1.54) is 0 Å². The Bertz CT molecular complexity index is 1210. The van der Waals surface area contributed by atoms with Crippen LogP contribution < -0.4 is 4.72 Å². The number of nitrogens with one attached hydrogen (secondary N) is 1. The van der Waals surface area contributed by atoms with E-state index in [4.69, 9.17) is 0 Å². The van der Waals surface area contributed by atoms with Crippen molar-refractivity contribution in [3.05, 3.63) is 59.7 Å². The number of carbonyl (C=O) groups excluding carboxylic acids is 1. The normalized spacial score (nSPS) is 22.1. The van der Waals surface area contributed by atoms with Gasteiger partial charge in [-0.1, -0.05) is 30.3 Å². The monoisotopic (exact) mass is 518 g/mol. The summed E-state index contributed by atoms with van der Waals surface area (Å²) < 4.78 is 95.4. The maximum Gasteiger partial charge on any atom is 0.350 e. The van der Waals surface area contributed by atoms with Crippen LogP contribution in [0.3, 0.4) is 0 Å². The van der Waals surface area contributed by atoms with E-state index >= 15 is 4.39 Å². The van der Waals surface area contributed by atoms with Crippen LogP contribution in [0.15, 0.2) is 42.5 Å². The number of hydrogen-bond donors (Lipinski definition) is 2. The van der Waals surface area contributed by atoms with Crippen molar-refractivity contribution < 1.29 is 40.3 Å². The molecule has 1 saturated heterocycles. The smallest absolute Gasteiger partial charge is 0.350 e. The molecule has 0 bridgehead atoms. The van der Waals surface area contributed by atoms with E-state index in [1.807, 2.05) is 4.72 Å². The fraction of sp³-hybridized carbons (Fsp3) is 0.435. The zero-order chi connectivity index (χ0) is 25.5. The highest BCUT2D eigenvalue weighted by atomic mass is 32.2. The molecule has 1 saturated carbocycles. The maximum atomic E-state index is 15.5. The molecular weight excluding hydrogens is 495 g/mol. The molecule has 2 aliphatic rings. The first-order valence-electron chi connectivity index (χ1n) is 10.9. The van der Waals surface area contributed by atoms with Crippen LogP contribution in [-0.4, -0.2) is 61.5 Å². The van der Waals surface area contributed by atoms with E-state index in [-0.39, 0.29) is 17.7 Å². The molecule has 190 valence electrons. The molecule has 6 nitrogen and oxygen atoms in total. The number of aliphatic hydroxyl groups is 1. The quantitative estimate of drug-likeness (QED) is 0.527. The molecule has 2 N–H and O–H groups in total. The first kappa shape index (κ1) is 25.5. The van der Waals surface area contributed by atoms with Crippen molar-refractivity contribution >= 4 is 15.9 Å². The number of carbonyl (C=O) groups is 1. The average molecular weight is 519 g/mol. The van der Waals surface area contributed by atoms with Crippen LogP contribution in [0.2, 0.25) is 0 Å². The second-order valence-corrected chi connectivity index (χ2v) is 10.6. The second-order valence-electron chi connectivity index (χ2n) is 8.96. The highest BCUT2D eigenvalue weighted by Crippen LogP contribution is 2.56. The molecule has 0 unspecified atom stereocenters. The Hall–Kier alpha value is -2.57. The van der Waals surface area contributed by atoms with Crippen LogP contribution in [0, 0.1) is 17.0 Å². The van der Waals surface area contributed by atoms with Gasteiger partial charge >= 0.3 is 5.76 Å². The number of rotatable bonds is 8. The number of aliphatic hydroxyl groups excluding tert-OH is 1. The van der Waals surface area contributed by atoms with Gasteiger partial charge in [0.25, 0.3) is 15.9 Å². The first-order valence-corrected chi connectivity index (χ1v) is 12.4. The number of amides is 1. The Balaban J connectivity index is 1.76. The summed E-state index contributed by atoms with van der Waals surface area (Å²) >= 11 is 0. The number of halogens is 5. The standard InChI is InChI=1S/C23H23F5N2O4S/c24-11-18(31)21(32)30-12-23(6-7-23)20(29-35(33,34)22(27)28)17(30)9-14-8-15(25)10-16(19(14)26)13-4-2-1-3-5-13/h1-5,8,10,17-18,20,22,29,31H,6-7,9,11-12H2/t17-,18+,20+/m0/s1. The van der Waals surface area contributed by atoms with Gasteiger partial charge in [-0.25, -0.2) is 26.3 Å². The molecular formula is C23H23F5N2O4S. The van der Waals surface area contributed by atoms with E-state index in [0.717, 1.165) is 17.0 Å². The minimum atomic E-state index is -5.11. The zero-order valence-corrected chi connectivity index (χ0v) is 19.1. The van der Waals surface area contributed by atoms with Crippen molar-refractivity contribution in [2.75, 3.05) is 13.2 Å². The van der Waals surface area contributed by atoms with E-state index in [1.54, 1.807) is 30.3 Å².